The number of hydrogen-bond acceptors (Lipinski definition) is 5. The van der Waals surface area contributed by atoms with Crippen LogP contribution in [0.4, 0.5) is 4.79 Å². The van der Waals surface area contributed by atoms with Gasteiger partial charge in [0.15, 0.2) is 0 Å². The van der Waals surface area contributed by atoms with E-state index in [0.717, 1.165) is 18.5 Å². The third-order valence-electron chi connectivity index (χ3n) is 6.72. The summed E-state index contributed by atoms with van der Waals surface area (Å²) < 4.78 is 5.45. The number of carbonyl (C=O) groups excluding carboxylic acids is 3. The van der Waals surface area contributed by atoms with Gasteiger partial charge in [-0.05, 0) is 50.1 Å². The van der Waals surface area contributed by atoms with Crippen molar-refractivity contribution in [1.82, 2.24) is 20.0 Å². The van der Waals surface area contributed by atoms with Gasteiger partial charge in [-0.15, -0.1) is 0 Å². The van der Waals surface area contributed by atoms with Crippen molar-refractivity contribution in [2.24, 2.45) is 0 Å². The Balaban J connectivity index is 1.62. The number of benzene rings is 2. The van der Waals surface area contributed by atoms with Crippen molar-refractivity contribution in [3.63, 3.8) is 0 Å². The second kappa shape index (κ2) is 12.3. The molecule has 4 rings (SSSR count). The Bertz CT molecular complexity index is 1150. The van der Waals surface area contributed by atoms with Crippen LogP contribution in [0.1, 0.15) is 42.2 Å². The molecule has 0 radical (unpaired) electrons. The lowest BCUT2D eigenvalue weighted by Gasteiger charge is -2.38. The van der Waals surface area contributed by atoms with Crippen LogP contribution in [0.15, 0.2) is 65.9 Å². The molecule has 3 amide bonds. The van der Waals surface area contributed by atoms with Gasteiger partial charge in [0.2, 0.25) is 0 Å². The number of urea groups is 1. The maximum Gasteiger partial charge on any atom is 0.338 e. The third-order valence-corrected chi connectivity index (χ3v) is 6.98. The van der Waals surface area contributed by atoms with Crippen molar-refractivity contribution in [3.8, 4) is 0 Å². The standard InChI is InChI=1S/C28H33ClN4O4/c1-3-33-23(19-31-15-8-16-32(18-17-31)26(34)21-9-6-5-7-10-21)24(27(35)37-4-2)25(30-28(33)36)20-11-13-22(29)14-12-20/h5-7,9-14,25H,3-4,8,15-19H2,1-2H3,(H,30,36)/t25-/m0/s1. The van der Waals surface area contributed by atoms with Gasteiger partial charge in [-0.3, -0.25) is 14.6 Å². The fourth-order valence-electron chi connectivity index (χ4n) is 4.87. The van der Waals surface area contributed by atoms with Gasteiger partial charge in [0.05, 0.1) is 18.2 Å². The number of amides is 3. The lowest BCUT2D eigenvalue weighted by molar-refractivity contribution is -0.139. The zero-order valence-corrected chi connectivity index (χ0v) is 22.0. The van der Waals surface area contributed by atoms with Gasteiger partial charge in [-0.2, -0.15) is 0 Å². The minimum absolute atomic E-state index is 0.0175. The molecule has 0 aromatic heterocycles. The molecule has 9 heteroatoms. The highest BCUT2D eigenvalue weighted by Gasteiger charge is 2.38. The summed E-state index contributed by atoms with van der Waals surface area (Å²) in [7, 11) is 0. The average Bonchev–Trinajstić information content (AvgIpc) is 3.15. The van der Waals surface area contributed by atoms with Crippen molar-refractivity contribution in [2.45, 2.75) is 26.3 Å². The van der Waals surface area contributed by atoms with Crippen LogP contribution >= 0.6 is 11.6 Å². The van der Waals surface area contributed by atoms with E-state index in [1.165, 1.54) is 0 Å². The number of rotatable bonds is 7. The second-order valence-electron chi connectivity index (χ2n) is 9.05. The number of ether oxygens (including phenoxy) is 1. The lowest BCUT2D eigenvalue weighted by Crippen LogP contribution is -2.51. The first-order valence-electron chi connectivity index (χ1n) is 12.7. The first-order chi connectivity index (χ1) is 17.9. The first kappa shape index (κ1) is 26.7. The molecule has 2 aliphatic heterocycles. The van der Waals surface area contributed by atoms with Crippen LogP contribution < -0.4 is 5.32 Å². The molecule has 2 aromatic carbocycles. The number of carbonyl (C=O) groups is 3. The summed E-state index contributed by atoms with van der Waals surface area (Å²) in [4.78, 5) is 45.1. The Labute approximate surface area is 222 Å². The highest BCUT2D eigenvalue weighted by Crippen LogP contribution is 2.32. The molecule has 0 unspecified atom stereocenters. The number of esters is 1. The molecule has 1 saturated heterocycles. The summed E-state index contributed by atoms with van der Waals surface area (Å²) >= 11 is 6.09. The smallest absolute Gasteiger partial charge is 0.338 e. The molecule has 0 aliphatic carbocycles. The summed E-state index contributed by atoms with van der Waals surface area (Å²) in [5.74, 6) is -0.435. The van der Waals surface area contributed by atoms with E-state index in [0.29, 0.717) is 54.6 Å². The average molecular weight is 525 g/mol. The van der Waals surface area contributed by atoms with Crippen LogP contribution in [0.2, 0.25) is 5.02 Å². The van der Waals surface area contributed by atoms with Gasteiger partial charge in [0.1, 0.15) is 0 Å². The van der Waals surface area contributed by atoms with Gasteiger partial charge in [0.25, 0.3) is 5.91 Å². The van der Waals surface area contributed by atoms with Crippen molar-refractivity contribution in [2.75, 3.05) is 45.9 Å². The Kier molecular flexibility index (Phi) is 8.84. The Morgan fingerprint density at radius 2 is 1.73 bits per heavy atom. The monoisotopic (exact) mass is 524 g/mol. The van der Waals surface area contributed by atoms with Gasteiger partial charge < -0.3 is 15.0 Å². The first-order valence-corrected chi connectivity index (χ1v) is 13.1. The predicted molar refractivity (Wildman–Crippen MR) is 142 cm³/mol. The number of nitrogens with zero attached hydrogens (tertiary/aromatic N) is 3. The third kappa shape index (κ3) is 6.14. The lowest BCUT2D eigenvalue weighted by atomic mass is 9.94. The van der Waals surface area contributed by atoms with E-state index in [1.54, 1.807) is 24.0 Å². The molecule has 2 heterocycles. The van der Waals surface area contributed by atoms with Crippen LogP contribution in [0, 0.1) is 0 Å². The van der Waals surface area contributed by atoms with Crippen LogP contribution in [-0.2, 0) is 9.53 Å². The molecule has 196 valence electrons. The quantitative estimate of drug-likeness (QED) is 0.552. The Morgan fingerprint density at radius 3 is 2.41 bits per heavy atom. The van der Waals surface area contributed by atoms with E-state index in [-0.39, 0.29) is 18.5 Å². The predicted octanol–water partition coefficient (Wildman–Crippen LogP) is 4.09. The van der Waals surface area contributed by atoms with Crippen LogP contribution in [0.25, 0.3) is 0 Å². The molecular formula is C28H33ClN4O4. The number of hydrogen-bond donors (Lipinski definition) is 1. The molecule has 1 N–H and O–H groups in total. The highest BCUT2D eigenvalue weighted by molar-refractivity contribution is 6.30. The second-order valence-corrected chi connectivity index (χ2v) is 9.48. The van der Waals surface area contributed by atoms with Gasteiger partial charge in [-0.1, -0.05) is 41.9 Å². The Morgan fingerprint density at radius 1 is 1.00 bits per heavy atom. The maximum atomic E-state index is 13.3. The molecule has 37 heavy (non-hydrogen) atoms. The van der Waals surface area contributed by atoms with Crippen molar-refractivity contribution >= 4 is 29.5 Å². The van der Waals surface area contributed by atoms with E-state index in [4.69, 9.17) is 16.3 Å². The summed E-state index contributed by atoms with van der Waals surface area (Å²) in [5, 5.41) is 3.55. The summed E-state index contributed by atoms with van der Waals surface area (Å²) in [6.07, 6.45) is 0.791. The molecule has 2 aliphatic rings. The zero-order valence-electron chi connectivity index (χ0n) is 21.3. The van der Waals surface area contributed by atoms with Crippen molar-refractivity contribution in [1.29, 1.82) is 0 Å². The zero-order chi connectivity index (χ0) is 26.4. The van der Waals surface area contributed by atoms with Gasteiger partial charge >= 0.3 is 12.0 Å². The van der Waals surface area contributed by atoms with E-state index in [2.05, 4.69) is 10.2 Å². The van der Waals surface area contributed by atoms with Crippen LogP contribution in [0.5, 0.6) is 0 Å². The largest absolute Gasteiger partial charge is 0.463 e. The topological polar surface area (TPSA) is 82.2 Å². The Hall–Kier alpha value is -3.36. The molecule has 0 saturated carbocycles. The summed E-state index contributed by atoms with van der Waals surface area (Å²) in [5.41, 5.74) is 2.49. The summed E-state index contributed by atoms with van der Waals surface area (Å²) in [6.45, 7) is 7.26. The normalized spacial score (nSPS) is 18.9. The molecular weight excluding hydrogens is 492 g/mol. The molecule has 8 nitrogen and oxygen atoms in total. The number of likely N-dealkylation sites (N-methyl/N-ethyl adjacent to an activating group) is 1. The minimum atomic E-state index is -0.648. The van der Waals surface area contributed by atoms with E-state index in [1.807, 2.05) is 54.3 Å². The maximum absolute atomic E-state index is 13.3. The number of halogens is 1. The van der Waals surface area contributed by atoms with E-state index >= 15 is 0 Å². The van der Waals surface area contributed by atoms with Gasteiger partial charge in [-0.25, -0.2) is 9.59 Å². The minimum Gasteiger partial charge on any atom is -0.463 e. The van der Waals surface area contributed by atoms with Crippen molar-refractivity contribution < 1.29 is 19.1 Å². The number of nitrogens with one attached hydrogen (secondary N) is 1. The molecule has 2 aromatic rings. The van der Waals surface area contributed by atoms with Crippen LogP contribution in [-0.4, -0.2) is 78.5 Å². The van der Waals surface area contributed by atoms with Gasteiger partial charge in [0, 0.05) is 55.6 Å². The molecule has 1 atom stereocenters. The molecule has 0 spiro atoms. The van der Waals surface area contributed by atoms with E-state index in [9.17, 15) is 14.4 Å². The van der Waals surface area contributed by atoms with Crippen molar-refractivity contribution in [3.05, 3.63) is 82.0 Å². The summed E-state index contributed by atoms with van der Waals surface area (Å²) in [6, 6.07) is 15.5. The van der Waals surface area contributed by atoms with Crippen LogP contribution in [0.3, 0.4) is 0 Å². The fraction of sp³-hybridized carbons (Fsp3) is 0.393. The highest BCUT2D eigenvalue weighted by atomic mass is 35.5. The fourth-order valence-corrected chi connectivity index (χ4v) is 5.00. The SMILES string of the molecule is CCOC(=O)C1=C(CN2CCCN(C(=O)c3ccccc3)CC2)N(CC)C(=O)N[C@H]1c1ccc(Cl)cc1. The molecule has 1 fully saturated rings. The van der Waals surface area contributed by atoms with E-state index < -0.39 is 12.0 Å². The molecule has 0 bridgehead atoms.